The van der Waals surface area contributed by atoms with Gasteiger partial charge in [-0.3, -0.25) is 25.0 Å². The number of aryl methyl sites for hydroxylation is 1. The number of imide groups is 2. The maximum absolute atomic E-state index is 11.8. The molecule has 1 aromatic carbocycles. The number of urea groups is 1. The average Bonchev–Trinajstić information content (AvgIpc) is 2.58. The number of benzene rings is 1. The van der Waals surface area contributed by atoms with E-state index in [1.807, 2.05) is 38.1 Å². The Balaban J connectivity index is 1.76. The van der Waals surface area contributed by atoms with Crippen LogP contribution in [0.1, 0.15) is 37.8 Å². The molecule has 1 saturated heterocycles. The summed E-state index contributed by atoms with van der Waals surface area (Å²) in [5, 5.41) is 7.11. The van der Waals surface area contributed by atoms with Crippen molar-refractivity contribution in [1.82, 2.24) is 16.0 Å². The van der Waals surface area contributed by atoms with Crippen molar-refractivity contribution in [1.29, 1.82) is 0 Å². The molecule has 26 heavy (non-hydrogen) atoms. The van der Waals surface area contributed by atoms with E-state index in [-0.39, 0.29) is 18.2 Å². The fourth-order valence-corrected chi connectivity index (χ4v) is 2.68. The second-order valence-electron chi connectivity index (χ2n) is 6.78. The molecule has 0 saturated carbocycles. The van der Waals surface area contributed by atoms with Crippen LogP contribution in [0.5, 0.6) is 0 Å². The summed E-state index contributed by atoms with van der Waals surface area (Å²) in [4.78, 5) is 46.0. The summed E-state index contributed by atoms with van der Waals surface area (Å²) in [5.41, 5.74) is 2.03. The number of unbranched alkanes of at least 4 members (excludes halogenated alkanes) is 1. The molecule has 5 amide bonds. The SMILES string of the molecule is CC(C)C(=O)NCCCCc1ccc(CC2C(=O)NC(=O)NC2=O)cc1. The first-order valence-electron chi connectivity index (χ1n) is 8.88. The molecule has 1 aliphatic rings. The second-order valence-corrected chi connectivity index (χ2v) is 6.78. The van der Waals surface area contributed by atoms with Crippen molar-refractivity contribution in [2.45, 2.75) is 39.5 Å². The summed E-state index contributed by atoms with van der Waals surface area (Å²) in [7, 11) is 0. The number of hydrogen-bond donors (Lipinski definition) is 3. The lowest BCUT2D eigenvalue weighted by Crippen LogP contribution is -2.56. The number of nitrogens with one attached hydrogen (secondary N) is 3. The number of carbonyl (C=O) groups excluding carboxylic acids is 4. The van der Waals surface area contributed by atoms with Gasteiger partial charge >= 0.3 is 6.03 Å². The quantitative estimate of drug-likeness (QED) is 0.481. The molecule has 7 heteroatoms. The van der Waals surface area contributed by atoms with Crippen LogP contribution in [0.2, 0.25) is 0 Å². The van der Waals surface area contributed by atoms with E-state index in [4.69, 9.17) is 0 Å². The first-order valence-corrected chi connectivity index (χ1v) is 8.88. The van der Waals surface area contributed by atoms with Crippen LogP contribution in [0.4, 0.5) is 4.79 Å². The molecule has 1 fully saturated rings. The predicted octanol–water partition coefficient (Wildman–Crippen LogP) is 1.31. The van der Waals surface area contributed by atoms with Crippen LogP contribution in [0.15, 0.2) is 24.3 Å². The molecule has 0 aromatic heterocycles. The van der Waals surface area contributed by atoms with Gasteiger partial charge in [0.2, 0.25) is 17.7 Å². The molecule has 0 unspecified atom stereocenters. The Morgan fingerprint density at radius 3 is 2.15 bits per heavy atom. The molecule has 0 bridgehead atoms. The van der Waals surface area contributed by atoms with Crippen LogP contribution >= 0.6 is 0 Å². The second kappa shape index (κ2) is 9.12. The van der Waals surface area contributed by atoms with E-state index in [1.54, 1.807) is 0 Å². The Morgan fingerprint density at radius 2 is 1.58 bits per heavy atom. The topological polar surface area (TPSA) is 104 Å². The van der Waals surface area contributed by atoms with E-state index in [1.165, 1.54) is 0 Å². The van der Waals surface area contributed by atoms with Crippen LogP contribution < -0.4 is 16.0 Å². The monoisotopic (exact) mass is 359 g/mol. The third-order valence-electron chi connectivity index (χ3n) is 4.29. The van der Waals surface area contributed by atoms with E-state index < -0.39 is 23.8 Å². The van der Waals surface area contributed by atoms with Crippen molar-refractivity contribution in [3.05, 3.63) is 35.4 Å². The van der Waals surface area contributed by atoms with Crippen LogP contribution in [0.25, 0.3) is 0 Å². The molecule has 0 radical (unpaired) electrons. The van der Waals surface area contributed by atoms with E-state index in [9.17, 15) is 19.2 Å². The lowest BCUT2D eigenvalue weighted by atomic mass is 9.95. The van der Waals surface area contributed by atoms with E-state index >= 15 is 0 Å². The van der Waals surface area contributed by atoms with Crippen molar-refractivity contribution in [2.75, 3.05) is 6.54 Å². The molecular weight excluding hydrogens is 334 g/mol. The minimum Gasteiger partial charge on any atom is -0.356 e. The summed E-state index contributed by atoms with van der Waals surface area (Å²) in [6, 6.07) is 6.98. The van der Waals surface area contributed by atoms with Crippen LogP contribution in [0, 0.1) is 11.8 Å². The highest BCUT2D eigenvalue weighted by Gasteiger charge is 2.33. The van der Waals surface area contributed by atoms with Crippen LogP contribution in [-0.4, -0.2) is 30.3 Å². The van der Waals surface area contributed by atoms with Gasteiger partial charge in [-0.25, -0.2) is 4.79 Å². The molecule has 0 aliphatic carbocycles. The zero-order valence-electron chi connectivity index (χ0n) is 15.1. The number of barbiturate groups is 1. The van der Waals surface area contributed by atoms with Gasteiger partial charge in [-0.05, 0) is 36.8 Å². The molecule has 1 aromatic rings. The van der Waals surface area contributed by atoms with Crippen molar-refractivity contribution in [2.24, 2.45) is 11.8 Å². The smallest absolute Gasteiger partial charge is 0.328 e. The van der Waals surface area contributed by atoms with Gasteiger partial charge in [0.05, 0.1) is 0 Å². The Labute approximate surface area is 152 Å². The van der Waals surface area contributed by atoms with Crippen LogP contribution in [0.3, 0.4) is 0 Å². The fourth-order valence-electron chi connectivity index (χ4n) is 2.68. The molecule has 3 N–H and O–H groups in total. The van der Waals surface area contributed by atoms with E-state index in [0.717, 1.165) is 30.4 Å². The van der Waals surface area contributed by atoms with Crippen molar-refractivity contribution < 1.29 is 19.2 Å². The third kappa shape index (κ3) is 5.68. The zero-order valence-corrected chi connectivity index (χ0v) is 15.1. The average molecular weight is 359 g/mol. The van der Waals surface area contributed by atoms with Gasteiger partial charge in [0.1, 0.15) is 5.92 Å². The van der Waals surface area contributed by atoms with Gasteiger partial charge in [0.15, 0.2) is 0 Å². The Bertz CT molecular complexity index is 663. The number of carbonyl (C=O) groups is 4. The molecule has 1 aliphatic heterocycles. The number of hydrogen-bond acceptors (Lipinski definition) is 4. The lowest BCUT2D eigenvalue weighted by molar-refractivity contribution is -0.135. The predicted molar refractivity (Wildman–Crippen MR) is 96.1 cm³/mol. The van der Waals surface area contributed by atoms with Crippen molar-refractivity contribution >= 4 is 23.8 Å². The Hall–Kier alpha value is -2.70. The molecular formula is C19H25N3O4. The van der Waals surface area contributed by atoms with Gasteiger partial charge in [-0.15, -0.1) is 0 Å². The van der Waals surface area contributed by atoms with Gasteiger partial charge in [-0.2, -0.15) is 0 Å². The highest BCUT2D eigenvalue weighted by atomic mass is 16.2. The first-order chi connectivity index (χ1) is 12.4. The highest BCUT2D eigenvalue weighted by Crippen LogP contribution is 2.14. The molecule has 0 atom stereocenters. The van der Waals surface area contributed by atoms with Crippen molar-refractivity contribution in [3.8, 4) is 0 Å². The Kier molecular flexibility index (Phi) is 6.89. The van der Waals surface area contributed by atoms with Crippen LogP contribution in [-0.2, 0) is 27.2 Å². The molecule has 7 nitrogen and oxygen atoms in total. The van der Waals surface area contributed by atoms with E-state index in [0.29, 0.717) is 6.54 Å². The fraction of sp³-hybridized carbons (Fsp3) is 0.474. The summed E-state index contributed by atoms with van der Waals surface area (Å²) in [6.07, 6.45) is 3.03. The third-order valence-corrected chi connectivity index (χ3v) is 4.29. The highest BCUT2D eigenvalue weighted by molar-refractivity contribution is 6.16. The zero-order chi connectivity index (χ0) is 19.1. The summed E-state index contributed by atoms with van der Waals surface area (Å²) < 4.78 is 0. The summed E-state index contributed by atoms with van der Waals surface area (Å²) in [5.74, 6) is -1.93. The van der Waals surface area contributed by atoms with Crippen molar-refractivity contribution in [3.63, 3.8) is 0 Å². The first kappa shape index (κ1) is 19.6. The number of rotatable bonds is 8. The molecule has 0 spiro atoms. The largest absolute Gasteiger partial charge is 0.356 e. The van der Waals surface area contributed by atoms with Gasteiger partial charge < -0.3 is 5.32 Å². The maximum atomic E-state index is 11.8. The van der Waals surface area contributed by atoms with Gasteiger partial charge in [0.25, 0.3) is 0 Å². The molecule has 140 valence electrons. The minimum atomic E-state index is -0.886. The van der Waals surface area contributed by atoms with Gasteiger partial charge in [-0.1, -0.05) is 38.1 Å². The summed E-state index contributed by atoms with van der Waals surface area (Å²) in [6.45, 7) is 4.42. The molecule has 1 heterocycles. The normalized spacial score (nSPS) is 15.0. The number of amides is 5. The minimum absolute atomic E-state index is 0.00833. The lowest BCUT2D eigenvalue weighted by Gasteiger charge is -2.20. The maximum Gasteiger partial charge on any atom is 0.328 e. The van der Waals surface area contributed by atoms with Gasteiger partial charge in [0, 0.05) is 12.5 Å². The summed E-state index contributed by atoms with van der Waals surface area (Å²) >= 11 is 0. The standard InChI is InChI=1S/C19H25N3O4/c1-12(2)16(23)20-10-4-3-5-13-6-8-14(9-7-13)11-15-17(24)21-19(26)22-18(15)25/h6-9,12,15H,3-5,10-11H2,1-2H3,(H,20,23)(H2,21,22,24,25,26). The van der Waals surface area contributed by atoms with E-state index in [2.05, 4.69) is 16.0 Å². The molecule has 2 rings (SSSR count). The Morgan fingerprint density at radius 1 is 1.00 bits per heavy atom.